The van der Waals surface area contributed by atoms with Gasteiger partial charge in [-0.05, 0) is 147 Å². The van der Waals surface area contributed by atoms with Crippen molar-refractivity contribution < 1.29 is 76.4 Å². The van der Waals surface area contributed by atoms with Crippen molar-refractivity contribution in [2.75, 3.05) is 34.3 Å². The van der Waals surface area contributed by atoms with E-state index >= 15 is 28.8 Å². The van der Waals surface area contributed by atoms with Crippen LogP contribution in [0.5, 0.6) is 11.5 Å². The van der Waals surface area contributed by atoms with E-state index in [4.69, 9.17) is 29.4 Å². The molecule has 0 radical (unpaired) electrons. The van der Waals surface area contributed by atoms with Crippen molar-refractivity contribution >= 4 is 87.0 Å². The Hall–Kier alpha value is -12.6. The standard InChI is InChI=1S/C90H115N17O16/c1-52(102(15)85(117)122-89(9,10)11)76(108)96-74(87(3,4)5)82(114)104-40-38-69-72(104)80(112)92-66(45-56-26-32-58-22-18-20-24-60(58)42-56)78(110)94-68(84(116)119-17)44-54-28-34-64(35-29-54)120-50-62-48-107(101-98-62)70-39-41-105(83(115)75(88(6,7)8)97-77(109)53(2)103(16)86(118)123-90(12,13)14)73(70)81(113)93-67(46-57-27-33-59-23-19-21-25-61(59)43-57)79(111)95-71(91)47-55-30-36-65(37-31-55)121-51-63-49-106(69)100-99-63/h18-37,42-43,48-49,52-53,66-75H,38-41,44-47,50-51,91H2,1-17H3,(H,92,112)(H,93,113)(H,94,110)(H,95,111)(H,96,108)(H,97,109). The molecule has 6 aliphatic heterocycles. The molecule has 6 aliphatic rings. The maximum absolute atomic E-state index is 15.8. The molecular formula is C90H115N17O16. The normalized spacial score (nSPS) is 20.8. The third-order valence-electron chi connectivity index (χ3n) is 22.1. The lowest BCUT2D eigenvalue weighted by Gasteiger charge is -2.37. The zero-order valence-electron chi connectivity index (χ0n) is 72.9. The largest absolute Gasteiger partial charge is 0.487 e. The monoisotopic (exact) mass is 1690 g/mol. The first-order valence-electron chi connectivity index (χ1n) is 41.4. The number of fused-ring (bicyclic) bond motifs is 2. The average Bonchev–Trinajstić information content (AvgIpc) is 1.65. The van der Waals surface area contributed by atoms with Crippen molar-refractivity contribution in [2.24, 2.45) is 16.6 Å². The van der Waals surface area contributed by atoms with Gasteiger partial charge in [-0.1, -0.05) is 161 Å². The van der Waals surface area contributed by atoms with Crippen LogP contribution in [-0.2, 0) is 96.3 Å². The quantitative estimate of drug-likeness (QED) is 0.0433. The van der Waals surface area contributed by atoms with E-state index in [-0.39, 0.29) is 64.8 Å². The van der Waals surface area contributed by atoms with E-state index < -0.39 is 160 Å². The number of likely N-dealkylation sites (tertiary alicyclic amines) is 2. The number of nitrogens with one attached hydrogen (secondary N) is 6. The second kappa shape index (κ2) is 38.3. The van der Waals surface area contributed by atoms with Gasteiger partial charge >= 0.3 is 18.2 Å². The van der Waals surface area contributed by atoms with Gasteiger partial charge in [-0.25, -0.2) is 23.7 Å². The molecule has 2 fully saturated rings. The molecule has 8 aromatic rings. The predicted octanol–water partition coefficient (Wildman–Crippen LogP) is 7.50. The number of esters is 1. The molecule has 14 rings (SSSR count). The smallest absolute Gasteiger partial charge is 0.410 e. The zero-order chi connectivity index (χ0) is 89.3. The topological polar surface area (TPSA) is 406 Å². The molecule has 12 unspecified atom stereocenters. The fourth-order valence-electron chi connectivity index (χ4n) is 15.1. The molecule has 8 bridgehead atoms. The van der Waals surface area contributed by atoms with Crippen molar-refractivity contribution in [3.63, 3.8) is 0 Å². The Labute approximate surface area is 715 Å². The Kier molecular flexibility index (Phi) is 28.4. The second-order valence-corrected chi connectivity index (χ2v) is 36.1. The maximum Gasteiger partial charge on any atom is 0.410 e. The minimum atomic E-state index is -1.43. The third kappa shape index (κ3) is 23.2. The number of aromatic nitrogens is 6. The molecule has 33 heteroatoms. The first-order valence-corrected chi connectivity index (χ1v) is 41.4. The van der Waals surface area contributed by atoms with E-state index in [0.717, 1.165) is 31.3 Å². The highest BCUT2D eigenvalue weighted by Crippen LogP contribution is 2.36. The molecule has 2 saturated heterocycles. The Balaban J connectivity index is 0.930. The maximum atomic E-state index is 15.8. The molecule has 8 heterocycles. The lowest BCUT2D eigenvalue weighted by molar-refractivity contribution is -0.146. The van der Waals surface area contributed by atoms with E-state index in [0.29, 0.717) is 45.1 Å². The van der Waals surface area contributed by atoms with E-state index in [1.54, 1.807) is 144 Å². The summed E-state index contributed by atoms with van der Waals surface area (Å²) in [5.41, 5.74) is 6.26. The number of benzene rings is 6. The Morgan fingerprint density at radius 3 is 1.28 bits per heavy atom. The highest BCUT2D eigenvalue weighted by Gasteiger charge is 2.51. The molecule has 2 aromatic heterocycles. The zero-order valence-corrected chi connectivity index (χ0v) is 72.9. The van der Waals surface area contributed by atoms with Crippen LogP contribution in [-0.4, -0.2) is 221 Å². The summed E-state index contributed by atoms with van der Waals surface area (Å²) in [4.78, 5) is 167. The summed E-state index contributed by atoms with van der Waals surface area (Å²) in [6, 6.07) is 26.7. The molecule has 8 N–H and O–H groups in total. The molecule has 12 atom stereocenters. The summed E-state index contributed by atoms with van der Waals surface area (Å²) < 4.78 is 31.9. The molecule has 656 valence electrons. The van der Waals surface area contributed by atoms with E-state index in [1.165, 1.54) is 54.2 Å². The summed E-state index contributed by atoms with van der Waals surface area (Å²) in [7, 11) is 4.01. The van der Waals surface area contributed by atoms with Gasteiger partial charge in [0.1, 0.15) is 102 Å². The number of likely N-dealkylation sites (N-methyl/N-ethyl adjacent to an activating group) is 2. The Morgan fingerprint density at radius 1 is 0.512 bits per heavy atom. The number of amides is 10. The third-order valence-corrected chi connectivity index (χ3v) is 22.1. The van der Waals surface area contributed by atoms with Crippen LogP contribution in [0.4, 0.5) is 9.59 Å². The SMILES string of the molecule is COC(=O)C1Cc2ccc(cc2)OCc2cn(nn2)C2CCN(C(=O)C(NC(=O)C(C)N(C)C(=O)OC(C)(C)C)C(C)(C)C)C2C(=O)NC(Cc2ccc3ccccc3c2)C(=O)NC(N)Cc2ccc(cc2)OCc2cn(nn2)C2CCN(C(=O)C(NC(=O)C(C)N(C)C(=O)OC(C)(C)C)C(C)(C)C)C2C(=O)NC(Cc2ccc3ccccc3c2)C(=O)N1. The van der Waals surface area contributed by atoms with Gasteiger partial charge in [-0.3, -0.25) is 48.2 Å². The minimum Gasteiger partial charge on any atom is -0.487 e. The van der Waals surface area contributed by atoms with Crippen molar-refractivity contribution in [2.45, 2.75) is 232 Å². The summed E-state index contributed by atoms with van der Waals surface area (Å²) >= 11 is 0. The lowest BCUT2D eigenvalue weighted by Crippen LogP contribution is -2.62. The van der Waals surface area contributed by atoms with Crippen LogP contribution in [0.2, 0.25) is 0 Å². The van der Waals surface area contributed by atoms with Gasteiger partial charge in [-0.15, -0.1) is 10.2 Å². The van der Waals surface area contributed by atoms with Gasteiger partial charge in [0.2, 0.25) is 47.3 Å². The molecule has 0 spiro atoms. The summed E-state index contributed by atoms with van der Waals surface area (Å²) in [5, 5.41) is 39.1. The van der Waals surface area contributed by atoms with Crippen LogP contribution >= 0.6 is 0 Å². The van der Waals surface area contributed by atoms with Gasteiger partial charge < -0.3 is 71.1 Å². The number of carbonyl (C=O) groups is 11. The minimum absolute atomic E-state index is 0.0248. The number of rotatable bonds is 13. The fraction of sp³-hybridized carbons (Fsp3) is 0.478. The molecule has 33 nitrogen and oxygen atoms in total. The number of methoxy groups -OCH3 is 1. The van der Waals surface area contributed by atoms with E-state index in [1.807, 2.05) is 84.9 Å². The average molecular weight is 1690 g/mol. The van der Waals surface area contributed by atoms with E-state index in [9.17, 15) is 24.0 Å². The van der Waals surface area contributed by atoms with Gasteiger partial charge in [0, 0.05) is 52.9 Å². The van der Waals surface area contributed by atoms with Gasteiger partial charge in [0.15, 0.2) is 0 Å². The van der Waals surface area contributed by atoms with Crippen LogP contribution < -0.4 is 47.1 Å². The number of ether oxygens (including phenoxy) is 5. The number of hydrogen-bond donors (Lipinski definition) is 7. The molecule has 10 amide bonds. The first-order chi connectivity index (χ1) is 58.0. The molecule has 0 aliphatic carbocycles. The van der Waals surface area contributed by atoms with Crippen LogP contribution in [0.3, 0.4) is 0 Å². The van der Waals surface area contributed by atoms with Crippen molar-refractivity contribution in [1.29, 1.82) is 0 Å². The number of nitrogens with zero attached hydrogens (tertiary/aromatic N) is 10. The van der Waals surface area contributed by atoms with Crippen molar-refractivity contribution in [3.05, 3.63) is 179 Å². The fourth-order valence-corrected chi connectivity index (χ4v) is 15.1. The lowest BCUT2D eigenvalue weighted by atomic mass is 9.85. The highest BCUT2D eigenvalue weighted by molar-refractivity contribution is 5.99. The Bertz CT molecular complexity index is 5180. The summed E-state index contributed by atoms with van der Waals surface area (Å²) in [6.45, 7) is 23.4. The second-order valence-electron chi connectivity index (χ2n) is 36.1. The summed E-state index contributed by atoms with van der Waals surface area (Å²) in [5.74, 6) is -5.62. The molecule has 0 saturated carbocycles. The number of hydrogen-bond acceptors (Lipinski definition) is 21. The van der Waals surface area contributed by atoms with Crippen molar-refractivity contribution in [1.82, 2.24) is 81.5 Å². The van der Waals surface area contributed by atoms with Crippen LogP contribution in [0.25, 0.3) is 21.5 Å². The Morgan fingerprint density at radius 2 is 0.894 bits per heavy atom. The predicted molar refractivity (Wildman–Crippen MR) is 456 cm³/mol. The first kappa shape index (κ1) is 91.2. The van der Waals surface area contributed by atoms with Crippen LogP contribution in [0.15, 0.2) is 146 Å². The van der Waals surface area contributed by atoms with Crippen LogP contribution in [0, 0.1) is 10.8 Å². The van der Waals surface area contributed by atoms with E-state index in [2.05, 4.69) is 52.5 Å². The van der Waals surface area contributed by atoms with Crippen molar-refractivity contribution in [3.8, 4) is 11.5 Å². The number of nitrogens with two attached hydrogens (primary N) is 1. The van der Waals surface area contributed by atoms with Gasteiger partial charge in [-0.2, -0.15) is 0 Å². The van der Waals surface area contributed by atoms with Gasteiger partial charge in [0.05, 0.1) is 37.8 Å². The van der Waals surface area contributed by atoms with Gasteiger partial charge in [0.25, 0.3) is 0 Å². The molecular weight excluding hydrogens is 1580 g/mol. The highest BCUT2D eigenvalue weighted by atomic mass is 16.6. The summed E-state index contributed by atoms with van der Waals surface area (Å²) in [6.07, 6.45) is 0.745. The van der Waals surface area contributed by atoms with Crippen LogP contribution in [0.1, 0.15) is 155 Å². The number of carbonyl (C=O) groups excluding carboxylic acids is 11. The molecule has 6 aromatic carbocycles. The molecule has 123 heavy (non-hydrogen) atoms.